The molecule has 0 bridgehead atoms. The van der Waals surface area contributed by atoms with Gasteiger partial charge in [-0.1, -0.05) is 60.1 Å². The molecule has 2 heterocycles. The molecule has 0 fully saturated rings. The van der Waals surface area contributed by atoms with E-state index in [4.69, 9.17) is 16.3 Å². The number of ether oxygens (including phenoxy) is 1. The second-order valence-electron chi connectivity index (χ2n) is 6.23. The molecule has 2 aromatic heterocycles. The number of nitrogens with zero attached hydrogens (tertiary/aromatic N) is 5. The number of carbonyl (C=O) groups excluding carboxylic acids is 1. The third-order valence-electron chi connectivity index (χ3n) is 4.35. The van der Waals surface area contributed by atoms with Crippen LogP contribution in [0.3, 0.4) is 0 Å². The van der Waals surface area contributed by atoms with E-state index in [0.717, 1.165) is 16.5 Å². The summed E-state index contributed by atoms with van der Waals surface area (Å²) in [4.78, 5) is 17.1. The predicted molar refractivity (Wildman–Crippen MR) is 104 cm³/mol. The molecule has 0 radical (unpaired) electrons. The van der Waals surface area contributed by atoms with Crippen molar-refractivity contribution < 1.29 is 9.53 Å². The lowest BCUT2D eigenvalue weighted by molar-refractivity contribution is -0.149. The molecule has 28 heavy (non-hydrogen) atoms. The normalized spacial score (nSPS) is 12.0. The number of esters is 1. The first-order valence-electron chi connectivity index (χ1n) is 8.68. The fourth-order valence-electron chi connectivity index (χ4n) is 2.92. The molecule has 2 aromatic carbocycles. The van der Waals surface area contributed by atoms with Crippen molar-refractivity contribution in [2.24, 2.45) is 0 Å². The maximum Gasteiger partial charge on any atom is 0.331 e. The summed E-state index contributed by atoms with van der Waals surface area (Å²) in [5, 5.41) is 12.4. The molecule has 4 rings (SSSR count). The molecule has 4 aromatic rings. The minimum atomic E-state index is -0.676. The van der Waals surface area contributed by atoms with Gasteiger partial charge in [0.05, 0.1) is 5.52 Å². The van der Waals surface area contributed by atoms with Gasteiger partial charge in [0.25, 0.3) is 0 Å². The van der Waals surface area contributed by atoms with E-state index in [9.17, 15) is 4.79 Å². The zero-order valence-electron chi connectivity index (χ0n) is 14.8. The molecule has 0 aliphatic heterocycles. The van der Waals surface area contributed by atoms with Gasteiger partial charge in [-0.2, -0.15) is 0 Å². The van der Waals surface area contributed by atoms with E-state index in [1.165, 1.54) is 11.0 Å². The Bertz CT molecular complexity index is 1090. The Hall–Kier alpha value is -3.32. The summed E-state index contributed by atoms with van der Waals surface area (Å²) in [6.45, 7) is 0.0168. The van der Waals surface area contributed by atoms with Crippen molar-refractivity contribution in [3.05, 3.63) is 83.3 Å². The number of fused-ring (bicyclic) bond motifs is 1. The fraction of sp³-hybridized carbons (Fsp3) is 0.150. The molecule has 8 heteroatoms. The van der Waals surface area contributed by atoms with Crippen molar-refractivity contribution in [2.75, 3.05) is 0 Å². The summed E-state index contributed by atoms with van der Waals surface area (Å²) in [5.41, 5.74) is 2.41. The van der Waals surface area contributed by atoms with Gasteiger partial charge in [0.15, 0.2) is 6.04 Å². The molecule has 0 aliphatic rings. The van der Waals surface area contributed by atoms with Crippen molar-refractivity contribution in [3.8, 4) is 0 Å². The Morgan fingerprint density at radius 1 is 1.11 bits per heavy atom. The molecule has 0 N–H and O–H groups in total. The molecule has 1 atom stereocenters. The first-order valence-corrected chi connectivity index (χ1v) is 9.06. The van der Waals surface area contributed by atoms with Crippen molar-refractivity contribution in [2.45, 2.75) is 19.1 Å². The highest BCUT2D eigenvalue weighted by Gasteiger charge is 2.24. The van der Waals surface area contributed by atoms with Gasteiger partial charge in [-0.3, -0.25) is 0 Å². The van der Waals surface area contributed by atoms with Crippen LogP contribution >= 0.6 is 11.6 Å². The number of aromatic nitrogens is 5. The van der Waals surface area contributed by atoms with E-state index in [0.29, 0.717) is 17.1 Å². The van der Waals surface area contributed by atoms with Crippen molar-refractivity contribution in [1.29, 1.82) is 0 Å². The molecule has 7 nitrogen and oxygen atoms in total. The van der Waals surface area contributed by atoms with E-state index in [1.54, 1.807) is 0 Å². The maximum atomic E-state index is 12.8. The number of tetrazole rings is 1. The number of benzene rings is 2. The summed E-state index contributed by atoms with van der Waals surface area (Å²) in [6, 6.07) is 18.5. The van der Waals surface area contributed by atoms with Gasteiger partial charge in [0.2, 0.25) is 0 Å². The lowest BCUT2D eigenvalue weighted by Crippen LogP contribution is -2.25. The number of hydrogen-bond donors (Lipinski definition) is 0. The number of hydrogen-bond acceptors (Lipinski definition) is 6. The van der Waals surface area contributed by atoms with Crippen LogP contribution in [0.15, 0.2) is 67.0 Å². The lowest BCUT2D eigenvalue weighted by atomic mass is 10.1. The van der Waals surface area contributed by atoms with E-state index >= 15 is 0 Å². The molecule has 0 unspecified atom stereocenters. The second-order valence-corrected chi connectivity index (χ2v) is 6.59. The Kier molecular flexibility index (Phi) is 5.25. The SMILES string of the molecule is O=C(OCc1cc2ccccc2nc1Cl)[C@H](Cc1ccccc1)n1cnnn1. The Labute approximate surface area is 165 Å². The number of carbonyl (C=O) groups is 1. The van der Waals surface area contributed by atoms with Gasteiger partial charge in [0, 0.05) is 17.4 Å². The molecule has 140 valence electrons. The summed E-state index contributed by atoms with van der Waals surface area (Å²) < 4.78 is 6.93. The topological polar surface area (TPSA) is 82.8 Å². The molecule has 0 saturated carbocycles. The van der Waals surface area contributed by atoms with Crippen LogP contribution in [0.4, 0.5) is 0 Å². The van der Waals surface area contributed by atoms with Gasteiger partial charge in [-0.15, -0.1) is 5.10 Å². The second kappa shape index (κ2) is 8.14. The third kappa shape index (κ3) is 3.99. The minimum absolute atomic E-state index is 0.0168. The van der Waals surface area contributed by atoms with Gasteiger partial charge >= 0.3 is 5.97 Å². The fourth-order valence-corrected chi connectivity index (χ4v) is 3.12. The summed E-state index contributed by atoms with van der Waals surface area (Å²) in [7, 11) is 0. The van der Waals surface area contributed by atoms with Crippen LogP contribution in [0.5, 0.6) is 0 Å². The van der Waals surface area contributed by atoms with Crippen LogP contribution in [0.1, 0.15) is 17.2 Å². The third-order valence-corrected chi connectivity index (χ3v) is 4.68. The molecule has 0 aliphatic carbocycles. The Balaban J connectivity index is 1.52. The predicted octanol–water partition coefficient (Wildman–Crippen LogP) is 3.40. The number of para-hydroxylation sites is 1. The van der Waals surface area contributed by atoms with Crippen LogP contribution in [0.25, 0.3) is 10.9 Å². The first kappa shape index (κ1) is 18.1. The van der Waals surface area contributed by atoms with Gasteiger partial charge in [-0.05, 0) is 28.1 Å². The van der Waals surface area contributed by atoms with E-state index in [-0.39, 0.29) is 6.61 Å². The molecule has 0 spiro atoms. The van der Waals surface area contributed by atoms with E-state index in [2.05, 4.69) is 20.5 Å². The number of rotatable bonds is 6. The van der Waals surface area contributed by atoms with Gasteiger partial charge < -0.3 is 4.74 Å². The van der Waals surface area contributed by atoms with Crippen LogP contribution in [-0.4, -0.2) is 31.2 Å². The number of halogens is 1. The first-order chi connectivity index (χ1) is 13.7. The average Bonchev–Trinajstić information content (AvgIpc) is 3.25. The maximum absolute atomic E-state index is 12.8. The molecule has 0 saturated heterocycles. The smallest absolute Gasteiger partial charge is 0.331 e. The van der Waals surface area contributed by atoms with Crippen molar-refractivity contribution in [3.63, 3.8) is 0 Å². The van der Waals surface area contributed by atoms with Crippen LogP contribution < -0.4 is 0 Å². The highest BCUT2D eigenvalue weighted by molar-refractivity contribution is 6.30. The van der Waals surface area contributed by atoms with E-state index < -0.39 is 12.0 Å². The highest BCUT2D eigenvalue weighted by Crippen LogP contribution is 2.22. The van der Waals surface area contributed by atoms with Crippen molar-refractivity contribution >= 4 is 28.5 Å². The van der Waals surface area contributed by atoms with Gasteiger partial charge in [-0.25, -0.2) is 14.5 Å². The lowest BCUT2D eigenvalue weighted by Gasteiger charge is -2.16. The zero-order chi connectivity index (χ0) is 19.3. The Morgan fingerprint density at radius 3 is 2.68 bits per heavy atom. The van der Waals surface area contributed by atoms with Crippen LogP contribution in [-0.2, 0) is 22.6 Å². The van der Waals surface area contributed by atoms with Crippen LogP contribution in [0, 0.1) is 0 Å². The number of pyridine rings is 1. The minimum Gasteiger partial charge on any atom is -0.459 e. The summed E-state index contributed by atoms with van der Waals surface area (Å²) >= 11 is 6.26. The largest absolute Gasteiger partial charge is 0.459 e. The summed E-state index contributed by atoms with van der Waals surface area (Å²) in [5.74, 6) is -0.444. The zero-order valence-corrected chi connectivity index (χ0v) is 15.5. The monoisotopic (exact) mass is 393 g/mol. The molecular formula is C20H16ClN5O2. The molecule has 0 amide bonds. The van der Waals surface area contributed by atoms with Crippen LogP contribution in [0.2, 0.25) is 5.15 Å². The van der Waals surface area contributed by atoms with E-state index in [1.807, 2.05) is 60.7 Å². The quantitative estimate of drug-likeness (QED) is 0.369. The molecular weight excluding hydrogens is 378 g/mol. The Morgan fingerprint density at radius 2 is 1.89 bits per heavy atom. The average molecular weight is 394 g/mol. The summed E-state index contributed by atoms with van der Waals surface area (Å²) in [6.07, 6.45) is 1.81. The standard InChI is InChI=1S/C20H16ClN5O2/c21-19-16(11-15-8-4-5-9-17(15)23-19)12-28-20(27)18(26-13-22-24-25-26)10-14-6-2-1-3-7-14/h1-9,11,13,18H,10,12H2/t18-/m0/s1. The highest BCUT2D eigenvalue weighted by atomic mass is 35.5. The van der Waals surface area contributed by atoms with Gasteiger partial charge in [0.1, 0.15) is 18.1 Å². The van der Waals surface area contributed by atoms with Crippen molar-refractivity contribution in [1.82, 2.24) is 25.2 Å².